The van der Waals surface area contributed by atoms with Gasteiger partial charge in [-0.25, -0.2) is 8.42 Å². The normalized spacial score (nSPS) is 12.0. The van der Waals surface area contributed by atoms with E-state index in [0.717, 1.165) is 12.1 Å². The van der Waals surface area contributed by atoms with Crippen LogP contribution in [-0.4, -0.2) is 37.9 Å². The number of sulfonamides is 1. The summed E-state index contributed by atoms with van der Waals surface area (Å²) in [4.78, 5) is 30.4. The fraction of sp³-hybridized carbons (Fsp3) is 0.105. The maximum Gasteiger partial charge on any atom is 0.345 e. The van der Waals surface area contributed by atoms with Gasteiger partial charge in [-0.05, 0) is 36.4 Å². The van der Waals surface area contributed by atoms with E-state index in [1.165, 1.54) is 25.3 Å². The van der Waals surface area contributed by atoms with Crippen molar-refractivity contribution < 1.29 is 32.3 Å². The second-order valence-electron chi connectivity index (χ2n) is 6.48. The molecule has 3 aromatic rings. The third-order valence-electron chi connectivity index (χ3n) is 4.32. The van der Waals surface area contributed by atoms with Crippen LogP contribution in [0, 0.1) is 0 Å². The minimum absolute atomic E-state index is 0.0235. The van der Waals surface area contributed by atoms with Crippen LogP contribution in [0.25, 0.3) is 10.8 Å². The summed E-state index contributed by atoms with van der Waals surface area (Å²) in [5.41, 5.74) is -0.0278. The molecule has 0 amide bonds. The number of rotatable bonds is 7. The number of carbonyl (C=O) groups excluding carboxylic acids is 1. The summed E-state index contributed by atoms with van der Waals surface area (Å²) < 4.78 is 44.6. The van der Waals surface area contributed by atoms with Gasteiger partial charge in [-0.3, -0.25) is 13.7 Å². The number of benzene rings is 3. The number of halogens is 2. The monoisotopic (exact) mass is 503 g/mol. The summed E-state index contributed by atoms with van der Waals surface area (Å²) in [6.45, 7) is 0. The first-order valence-electron chi connectivity index (χ1n) is 8.55. The summed E-state index contributed by atoms with van der Waals surface area (Å²) >= 11 is 11.9. The predicted molar refractivity (Wildman–Crippen MR) is 119 cm³/mol. The molecule has 0 atom stereocenters. The number of nitrogens with zero attached hydrogens (tertiary/aromatic N) is 1. The number of fused-ring (bicyclic) bond motifs is 1. The Morgan fingerprint density at radius 3 is 2.26 bits per heavy atom. The molecule has 0 heterocycles. The van der Waals surface area contributed by atoms with Crippen LogP contribution < -0.4 is 9.04 Å². The minimum atomic E-state index is -4.89. The fourth-order valence-electron chi connectivity index (χ4n) is 3.07. The van der Waals surface area contributed by atoms with Gasteiger partial charge in [0.05, 0.1) is 17.7 Å². The number of carbonyl (C=O) groups is 1. The minimum Gasteiger partial charge on any atom is -0.496 e. The summed E-state index contributed by atoms with van der Waals surface area (Å²) in [7, 11) is -8.04. The molecule has 0 fully saturated rings. The molecule has 0 saturated carbocycles. The highest BCUT2D eigenvalue weighted by Gasteiger charge is 2.33. The Bertz CT molecular complexity index is 1300. The van der Waals surface area contributed by atoms with Crippen LogP contribution in [0.3, 0.4) is 0 Å². The Labute approximate surface area is 188 Å². The average Bonchev–Trinajstić information content (AvgIpc) is 2.69. The van der Waals surface area contributed by atoms with Crippen LogP contribution in [-0.2, 0) is 14.6 Å². The molecule has 0 saturated heterocycles. The molecular formula is C19H16Cl2NO7PS. The lowest BCUT2D eigenvalue weighted by Crippen LogP contribution is -2.32. The molecule has 12 heteroatoms. The van der Waals surface area contributed by atoms with Crippen molar-refractivity contribution in [2.75, 3.05) is 17.7 Å². The summed E-state index contributed by atoms with van der Waals surface area (Å²) in [6.07, 6.45) is -0.679. The van der Waals surface area contributed by atoms with E-state index in [9.17, 15) is 27.6 Å². The molecule has 0 aliphatic rings. The third kappa shape index (κ3) is 5.03. The standard InChI is InChI=1S/C19H16Cl2NO7PS/c1-29-19-4-2-3-16-17(19)5-12(10-23)6-18(16)22(11-30(24,25)26)31(27,28)15-8-13(20)7-14(21)9-15/h2-10H,11H2,1H3,(H2,24,25,26). The number of hydrogen-bond acceptors (Lipinski definition) is 5. The number of ether oxygens (including phenoxy) is 1. The maximum absolute atomic E-state index is 13.5. The van der Waals surface area contributed by atoms with Crippen LogP contribution >= 0.6 is 30.8 Å². The zero-order valence-electron chi connectivity index (χ0n) is 15.9. The summed E-state index contributed by atoms with van der Waals surface area (Å²) in [5.74, 6) is 0.349. The van der Waals surface area contributed by atoms with E-state index >= 15 is 0 Å². The third-order valence-corrected chi connectivity index (χ3v) is 7.33. The first kappa shape index (κ1) is 23.5. The zero-order chi connectivity index (χ0) is 23.0. The van der Waals surface area contributed by atoms with E-state index in [0.29, 0.717) is 27.1 Å². The molecular weight excluding hydrogens is 488 g/mol. The van der Waals surface area contributed by atoms with Crippen molar-refractivity contribution in [1.29, 1.82) is 0 Å². The molecule has 0 aliphatic carbocycles. The van der Waals surface area contributed by atoms with Gasteiger partial charge in [0.1, 0.15) is 18.3 Å². The second kappa shape index (κ2) is 8.78. The van der Waals surface area contributed by atoms with Crippen molar-refractivity contribution in [3.05, 3.63) is 64.1 Å². The van der Waals surface area contributed by atoms with Crippen molar-refractivity contribution in [1.82, 2.24) is 0 Å². The number of hydrogen-bond donors (Lipinski definition) is 2. The molecule has 3 aromatic carbocycles. The molecule has 2 N–H and O–H groups in total. The van der Waals surface area contributed by atoms with Gasteiger partial charge < -0.3 is 14.5 Å². The molecule has 164 valence electrons. The van der Waals surface area contributed by atoms with Crippen molar-refractivity contribution in [2.24, 2.45) is 0 Å². The summed E-state index contributed by atoms with van der Waals surface area (Å²) in [5, 5.41) is 0.737. The number of methoxy groups -OCH3 is 1. The lowest BCUT2D eigenvalue weighted by atomic mass is 10.0. The van der Waals surface area contributed by atoms with Gasteiger partial charge >= 0.3 is 7.60 Å². The Morgan fingerprint density at radius 2 is 1.71 bits per heavy atom. The van der Waals surface area contributed by atoms with Crippen LogP contribution in [0.1, 0.15) is 10.4 Å². The zero-order valence-corrected chi connectivity index (χ0v) is 19.1. The van der Waals surface area contributed by atoms with Crippen LogP contribution in [0.15, 0.2) is 53.4 Å². The molecule has 0 bridgehead atoms. The van der Waals surface area contributed by atoms with Gasteiger partial charge in [0.2, 0.25) is 0 Å². The SMILES string of the molecule is COc1cccc2c(N(CP(=O)(O)O)S(=O)(=O)c3cc(Cl)cc(Cl)c3)cc(C=O)cc12. The lowest BCUT2D eigenvalue weighted by Gasteiger charge is -2.27. The Morgan fingerprint density at radius 1 is 1.06 bits per heavy atom. The predicted octanol–water partition coefficient (Wildman–Crippen LogP) is 4.30. The van der Waals surface area contributed by atoms with E-state index in [-0.39, 0.29) is 26.2 Å². The van der Waals surface area contributed by atoms with E-state index in [4.69, 9.17) is 27.9 Å². The van der Waals surface area contributed by atoms with E-state index in [2.05, 4.69) is 0 Å². The molecule has 0 spiro atoms. The van der Waals surface area contributed by atoms with Gasteiger partial charge in [0.25, 0.3) is 10.0 Å². The Kier molecular flexibility index (Phi) is 6.67. The summed E-state index contributed by atoms with van der Waals surface area (Å²) in [6, 6.07) is 11.0. The number of aldehydes is 1. The molecule has 8 nitrogen and oxygen atoms in total. The lowest BCUT2D eigenvalue weighted by molar-refractivity contribution is 0.112. The fourth-order valence-corrected chi connectivity index (χ4v) is 6.48. The average molecular weight is 504 g/mol. The van der Waals surface area contributed by atoms with E-state index < -0.39 is 23.9 Å². The van der Waals surface area contributed by atoms with Crippen molar-refractivity contribution >= 4 is 63.6 Å². The maximum atomic E-state index is 13.5. The quantitative estimate of drug-likeness (QED) is 0.364. The molecule has 0 aromatic heterocycles. The Hall–Kier alpha value is -2.13. The molecule has 0 radical (unpaired) electrons. The second-order valence-corrected chi connectivity index (χ2v) is 10.8. The highest BCUT2D eigenvalue weighted by molar-refractivity contribution is 7.93. The topological polar surface area (TPSA) is 121 Å². The van der Waals surface area contributed by atoms with Gasteiger partial charge in [0.15, 0.2) is 0 Å². The highest BCUT2D eigenvalue weighted by Crippen LogP contribution is 2.43. The highest BCUT2D eigenvalue weighted by atomic mass is 35.5. The van der Waals surface area contributed by atoms with Crippen LogP contribution in [0.5, 0.6) is 5.75 Å². The smallest absolute Gasteiger partial charge is 0.345 e. The van der Waals surface area contributed by atoms with E-state index in [1.54, 1.807) is 18.2 Å². The first-order valence-corrected chi connectivity index (χ1v) is 12.5. The largest absolute Gasteiger partial charge is 0.496 e. The molecule has 31 heavy (non-hydrogen) atoms. The van der Waals surface area contributed by atoms with Crippen molar-refractivity contribution in [3.63, 3.8) is 0 Å². The van der Waals surface area contributed by atoms with E-state index in [1.807, 2.05) is 0 Å². The van der Waals surface area contributed by atoms with Crippen LogP contribution in [0.2, 0.25) is 10.0 Å². The molecule has 3 rings (SSSR count). The van der Waals surface area contributed by atoms with Crippen molar-refractivity contribution in [3.8, 4) is 5.75 Å². The van der Waals surface area contributed by atoms with Gasteiger partial charge in [0, 0.05) is 26.4 Å². The van der Waals surface area contributed by atoms with Gasteiger partial charge in [-0.2, -0.15) is 0 Å². The van der Waals surface area contributed by atoms with Crippen molar-refractivity contribution in [2.45, 2.75) is 4.90 Å². The Balaban J connectivity index is 2.38. The molecule has 0 aliphatic heterocycles. The van der Waals surface area contributed by atoms with Gasteiger partial charge in [-0.15, -0.1) is 0 Å². The molecule has 0 unspecified atom stereocenters. The first-order chi connectivity index (χ1) is 14.5. The number of anilines is 1. The van der Waals surface area contributed by atoms with Crippen LogP contribution in [0.4, 0.5) is 5.69 Å². The van der Waals surface area contributed by atoms with Gasteiger partial charge in [-0.1, -0.05) is 35.3 Å².